The molecule has 2 aromatic heterocycles. The van der Waals surface area contributed by atoms with Crippen molar-refractivity contribution in [1.82, 2.24) is 14.8 Å². The third-order valence-electron chi connectivity index (χ3n) is 4.80. The van der Waals surface area contributed by atoms with Crippen molar-refractivity contribution in [2.24, 2.45) is 0 Å². The van der Waals surface area contributed by atoms with Gasteiger partial charge in [0.1, 0.15) is 11.5 Å². The molecule has 8 nitrogen and oxygen atoms in total. The highest BCUT2D eigenvalue weighted by atomic mass is 35.5. The minimum atomic E-state index is -0.348. The monoisotopic (exact) mass is 448 g/mol. The van der Waals surface area contributed by atoms with Crippen LogP contribution in [0.2, 0.25) is 4.34 Å². The number of hydrogen-bond acceptors (Lipinski definition) is 8. The lowest BCUT2D eigenvalue weighted by Gasteiger charge is -2.11. The van der Waals surface area contributed by atoms with Gasteiger partial charge in [-0.2, -0.15) is 9.67 Å². The molecule has 0 amide bonds. The average Bonchev–Trinajstić information content (AvgIpc) is 3.51. The molecule has 1 saturated heterocycles. The standard InChI is InChI=1S/C20H21ClN4O4S/c1-27-13-3-5-15(16(9-13)28-2)19(26)25-20(22-10-14-4-6-17(21)30-14)23-18(24-25)12-7-8-29-11-12/h3-6,9,12H,7-8,10-11H2,1-2H3,(H,22,23,24). The number of anilines is 1. The minimum absolute atomic E-state index is 0.0635. The Kier molecular flexibility index (Phi) is 6.21. The summed E-state index contributed by atoms with van der Waals surface area (Å²) < 4.78 is 18.1. The summed E-state index contributed by atoms with van der Waals surface area (Å²) in [7, 11) is 3.07. The van der Waals surface area contributed by atoms with Crippen LogP contribution in [0.1, 0.15) is 33.4 Å². The average molecular weight is 449 g/mol. The van der Waals surface area contributed by atoms with Crippen molar-refractivity contribution in [2.45, 2.75) is 18.9 Å². The number of methoxy groups -OCH3 is 2. The van der Waals surface area contributed by atoms with Crippen molar-refractivity contribution in [2.75, 3.05) is 32.8 Å². The molecule has 1 atom stereocenters. The predicted molar refractivity (Wildman–Crippen MR) is 114 cm³/mol. The number of benzene rings is 1. The zero-order valence-corrected chi connectivity index (χ0v) is 18.1. The van der Waals surface area contributed by atoms with Gasteiger partial charge in [-0.05, 0) is 30.7 Å². The molecule has 1 aromatic carbocycles. The number of carbonyl (C=O) groups is 1. The first-order valence-corrected chi connectivity index (χ1v) is 10.6. The quantitative estimate of drug-likeness (QED) is 0.587. The van der Waals surface area contributed by atoms with Crippen molar-refractivity contribution in [1.29, 1.82) is 0 Å². The fourth-order valence-electron chi connectivity index (χ4n) is 3.20. The number of ether oxygens (including phenoxy) is 3. The Morgan fingerprint density at radius 3 is 2.87 bits per heavy atom. The summed E-state index contributed by atoms with van der Waals surface area (Å²) in [6.45, 7) is 1.68. The van der Waals surface area contributed by atoms with Gasteiger partial charge in [-0.1, -0.05) is 11.6 Å². The topological polar surface area (TPSA) is 87.5 Å². The van der Waals surface area contributed by atoms with Gasteiger partial charge in [0.2, 0.25) is 5.95 Å². The van der Waals surface area contributed by atoms with Crippen LogP contribution in [0, 0.1) is 0 Å². The molecule has 3 aromatic rings. The number of nitrogens with zero attached hydrogens (tertiary/aromatic N) is 3. The van der Waals surface area contributed by atoms with Crippen LogP contribution >= 0.6 is 22.9 Å². The molecular weight excluding hydrogens is 428 g/mol. The van der Waals surface area contributed by atoms with Crippen molar-refractivity contribution >= 4 is 34.8 Å². The molecule has 0 saturated carbocycles. The van der Waals surface area contributed by atoms with Crippen LogP contribution in [-0.4, -0.2) is 48.1 Å². The Labute approximate surface area is 182 Å². The van der Waals surface area contributed by atoms with E-state index in [1.54, 1.807) is 25.3 Å². The van der Waals surface area contributed by atoms with Gasteiger partial charge in [0.15, 0.2) is 5.82 Å². The first kappa shape index (κ1) is 20.6. The zero-order chi connectivity index (χ0) is 21.1. The normalized spacial score (nSPS) is 15.9. The Bertz CT molecular complexity index is 1050. The van der Waals surface area contributed by atoms with Crippen LogP contribution < -0.4 is 14.8 Å². The number of halogens is 1. The van der Waals surface area contributed by atoms with Crippen molar-refractivity contribution in [3.8, 4) is 11.5 Å². The van der Waals surface area contributed by atoms with Gasteiger partial charge in [0.05, 0.1) is 37.3 Å². The Morgan fingerprint density at radius 1 is 1.33 bits per heavy atom. The fraction of sp³-hybridized carbons (Fsp3) is 0.350. The SMILES string of the molecule is COc1ccc(C(=O)n2nc(C3CCOC3)nc2NCc2ccc(Cl)s2)c(OC)c1. The summed E-state index contributed by atoms with van der Waals surface area (Å²) in [5.74, 6) is 1.66. The molecule has 1 aliphatic heterocycles. The van der Waals surface area contributed by atoms with E-state index >= 15 is 0 Å². The van der Waals surface area contributed by atoms with E-state index in [9.17, 15) is 4.79 Å². The first-order valence-electron chi connectivity index (χ1n) is 9.38. The molecular formula is C20H21ClN4O4S. The zero-order valence-electron chi connectivity index (χ0n) is 16.6. The second-order valence-corrected chi connectivity index (χ2v) is 8.50. The molecule has 158 valence electrons. The van der Waals surface area contributed by atoms with E-state index in [0.29, 0.717) is 52.9 Å². The van der Waals surface area contributed by atoms with E-state index in [4.69, 9.17) is 25.8 Å². The molecule has 0 radical (unpaired) electrons. The lowest BCUT2D eigenvalue weighted by atomic mass is 10.1. The molecule has 1 aliphatic rings. The van der Waals surface area contributed by atoms with Gasteiger partial charge in [-0.3, -0.25) is 4.79 Å². The molecule has 0 spiro atoms. The van der Waals surface area contributed by atoms with Crippen LogP contribution in [0.25, 0.3) is 0 Å². The van der Waals surface area contributed by atoms with E-state index in [2.05, 4.69) is 15.4 Å². The summed E-state index contributed by atoms with van der Waals surface area (Å²) in [5.41, 5.74) is 0.361. The maximum Gasteiger partial charge on any atom is 0.285 e. The van der Waals surface area contributed by atoms with Gasteiger partial charge in [0, 0.05) is 23.5 Å². The second kappa shape index (κ2) is 9.03. The predicted octanol–water partition coefficient (Wildman–Crippen LogP) is 3.81. The summed E-state index contributed by atoms with van der Waals surface area (Å²) in [5, 5.41) is 7.72. The maximum atomic E-state index is 13.3. The Balaban J connectivity index is 1.67. The van der Waals surface area contributed by atoms with Gasteiger partial charge in [-0.15, -0.1) is 16.4 Å². The minimum Gasteiger partial charge on any atom is -0.497 e. The highest BCUT2D eigenvalue weighted by Crippen LogP contribution is 2.28. The molecule has 0 aliphatic carbocycles. The summed E-state index contributed by atoms with van der Waals surface area (Å²) in [4.78, 5) is 19.0. The third kappa shape index (κ3) is 4.28. The van der Waals surface area contributed by atoms with Crippen molar-refractivity contribution < 1.29 is 19.0 Å². The van der Waals surface area contributed by atoms with Crippen molar-refractivity contribution in [3.05, 3.63) is 50.9 Å². The summed E-state index contributed by atoms with van der Waals surface area (Å²) >= 11 is 7.48. The smallest absolute Gasteiger partial charge is 0.285 e. The number of nitrogens with one attached hydrogen (secondary N) is 1. The lowest BCUT2D eigenvalue weighted by molar-refractivity contribution is 0.0943. The molecule has 1 unspecified atom stereocenters. The fourth-order valence-corrected chi connectivity index (χ4v) is 4.22. The van der Waals surface area contributed by atoms with Crippen LogP contribution in [0.5, 0.6) is 11.5 Å². The third-order valence-corrected chi connectivity index (χ3v) is 6.03. The molecule has 1 fully saturated rings. The molecule has 3 heterocycles. The number of thiophene rings is 1. The number of rotatable bonds is 7. The largest absolute Gasteiger partial charge is 0.497 e. The lowest BCUT2D eigenvalue weighted by Crippen LogP contribution is -2.18. The number of aromatic nitrogens is 3. The molecule has 10 heteroatoms. The van der Waals surface area contributed by atoms with E-state index in [1.165, 1.54) is 23.1 Å². The van der Waals surface area contributed by atoms with Gasteiger partial charge >= 0.3 is 0 Å². The van der Waals surface area contributed by atoms with Gasteiger partial charge in [0.25, 0.3) is 5.91 Å². The highest BCUT2D eigenvalue weighted by Gasteiger charge is 2.27. The number of hydrogen-bond donors (Lipinski definition) is 1. The number of carbonyl (C=O) groups excluding carboxylic acids is 1. The molecule has 1 N–H and O–H groups in total. The summed E-state index contributed by atoms with van der Waals surface area (Å²) in [6.07, 6.45) is 0.823. The van der Waals surface area contributed by atoms with Gasteiger partial charge in [-0.25, -0.2) is 0 Å². The maximum absolute atomic E-state index is 13.3. The van der Waals surface area contributed by atoms with Gasteiger partial charge < -0.3 is 19.5 Å². The first-order chi connectivity index (χ1) is 14.6. The Morgan fingerprint density at radius 2 is 2.20 bits per heavy atom. The van der Waals surface area contributed by atoms with Crippen LogP contribution in [0.15, 0.2) is 30.3 Å². The van der Waals surface area contributed by atoms with E-state index in [0.717, 1.165) is 11.3 Å². The highest BCUT2D eigenvalue weighted by molar-refractivity contribution is 7.16. The van der Waals surface area contributed by atoms with Crippen LogP contribution in [0.3, 0.4) is 0 Å². The Hall–Kier alpha value is -2.62. The van der Waals surface area contributed by atoms with Crippen molar-refractivity contribution in [3.63, 3.8) is 0 Å². The molecule has 4 rings (SSSR count). The van der Waals surface area contributed by atoms with Crippen LogP contribution in [0.4, 0.5) is 5.95 Å². The molecule has 0 bridgehead atoms. The summed E-state index contributed by atoms with van der Waals surface area (Å²) in [6, 6.07) is 8.79. The molecule has 30 heavy (non-hydrogen) atoms. The van der Waals surface area contributed by atoms with E-state index in [-0.39, 0.29) is 11.8 Å². The van der Waals surface area contributed by atoms with Crippen LogP contribution in [-0.2, 0) is 11.3 Å². The van der Waals surface area contributed by atoms with E-state index < -0.39 is 0 Å². The van der Waals surface area contributed by atoms with E-state index in [1.807, 2.05) is 12.1 Å². The second-order valence-electron chi connectivity index (χ2n) is 6.70.